The van der Waals surface area contributed by atoms with Crippen LogP contribution >= 0.6 is 11.3 Å². The lowest BCUT2D eigenvalue weighted by molar-refractivity contribution is -0.402. The van der Waals surface area contributed by atoms with Crippen LogP contribution in [0.25, 0.3) is 10.2 Å². The topological polar surface area (TPSA) is 108 Å². The Bertz CT molecular complexity index is 886. The number of carbonyl (C=O) groups excluding carboxylic acids is 1. The van der Waals surface area contributed by atoms with Gasteiger partial charge in [0, 0.05) is 0 Å². The molecule has 8 nitrogen and oxygen atoms in total. The summed E-state index contributed by atoms with van der Waals surface area (Å²) in [7, 11) is 0. The van der Waals surface area contributed by atoms with Gasteiger partial charge in [-0.05, 0) is 31.2 Å². The highest BCUT2D eigenvalue weighted by Crippen LogP contribution is 2.29. The SMILES string of the molecule is CCOc1ccc2nc(NC(=O)c3ccc([N+](=O)[O-])o3)sc2c1. The third-order valence-corrected chi connectivity index (χ3v) is 3.82. The molecule has 3 rings (SSSR count). The van der Waals surface area contributed by atoms with E-state index in [1.54, 1.807) is 12.1 Å². The summed E-state index contributed by atoms with van der Waals surface area (Å²) in [5.41, 5.74) is 0.721. The van der Waals surface area contributed by atoms with Crippen LogP contribution in [0.5, 0.6) is 5.75 Å². The Labute approximate surface area is 133 Å². The summed E-state index contributed by atoms with van der Waals surface area (Å²) < 4.78 is 11.1. The molecule has 118 valence electrons. The zero-order chi connectivity index (χ0) is 16.4. The fourth-order valence-electron chi connectivity index (χ4n) is 1.92. The van der Waals surface area contributed by atoms with Crippen molar-refractivity contribution in [1.29, 1.82) is 0 Å². The van der Waals surface area contributed by atoms with E-state index in [1.165, 1.54) is 17.4 Å². The van der Waals surface area contributed by atoms with Crippen molar-refractivity contribution in [2.75, 3.05) is 11.9 Å². The van der Waals surface area contributed by atoms with Crippen LogP contribution in [0.3, 0.4) is 0 Å². The predicted molar refractivity (Wildman–Crippen MR) is 84.1 cm³/mol. The molecule has 0 aliphatic carbocycles. The number of furan rings is 1. The number of amides is 1. The molecule has 0 aliphatic heterocycles. The number of fused-ring (bicyclic) bond motifs is 1. The summed E-state index contributed by atoms with van der Waals surface area (Å²) in [4.78, 5) is 26.1. The van der Waals surface area contributed by atoms with Crippen LogP contribution in [0, 0.1) is 10.1 Å². The van der Waals surface area contributed by atoms with Gasteiger partial charge in [0.25, 0.3) is 5.91 Å². The minimum absolute atomic E-state index is 0.147. The maximum atomic E-state index is 12.0. The number of nitro groups is 1. The van der Waals surface area contributed by atoms with Gasteiger partial charge in [0.1, 0.15) is 10.7 Å². The molecule has 0 bridgehead atoms. The van der Waals surface area contributed by atoms with Gasteiger partial charge in [0.05, 0.1) is 22.9 Å². The van der Waals surface area contributed by atoms with Crippen LogP contribution in [0.1, 0.15) is 17.5 Å². The second kappa shape index (κ2) is 6.05. The lowest BCUT2D eigenvalue weighted by Gasteiger charge is -2.00. The Morgan fingerprint density at radius 2 is 2.26 bits per heavy atom. The number of anilines is 1. The van der Waals surface area contributed by atoms with Crippen molar-refractivity contribution in [2.45, 2.75) is 6.92 Å². The van der Waals surface area contributed by atoms with Crippen LogP contribution in [0.2, 0.25) is 0 Å². The quantitative estimate of drug-likeness (QED) is 0.566. The molecular formula is C14H11N3O5S. The van der Waals surface area contributed by atoms with Crippen LogP contribution in [0.15, 0.2) is 34.7 Å². The number of ether oxygens (including phenoxy) is 1. The second-order valence-corrected chi connectivity index (χ2v) is 5.46. The first-order valence-electron chi connectivity index (χ1n) is 6.66. The third kappa shape index (κ3) is 3.14. The predicted octanol–water partition coefficient (Wildman–Crippen LogP) is 3.45. The molecule has 0 atom stereocenters. The van der Waals surface area contributed by atoms with Crippen LogP contribution in [-0.4, -0.2) is 22.4 Å². The van der Waals surface area contributed by atoms with Crippen molar-refractivity contribution in [3.05, 3.63) is 46.2 Å². The molecule has 0 unspecified atom stereocenters. The van der Waals surface area contributed by atoms with Crippen molar-refractivity contribution in [3.8, 4) is 5.75 Å². The van der Waals surface area contributed by atoms with E-state index in [4.69, 9.17) is 9.15 Å². The van der Waals surface area contributed by atoms with Gasteiger partial charge in [-0.3, -0.25) is 20.2 Å². The van der Waals surface area contributed by atoms with Gasteiger partial charge in [-0.2, -0.15) is 0 Å². The van der Waals surface area contributed by atoms with Crippen LogP contribution in [0.4, 0.5) is 11.0 Å². The Morgan fingerprint density at radius 1 is 1.43 bits per heavy atom. The van der Waals surface area contributed by atoms with Crippen molar-refractivity contribution >= 4 is 38.5 Å². The summed E-state index contributed by atoms with van der Waals surface area (Å²) in [5, 5.41) is 13.5. The Morgan fingerprint density at radius 3 is 2.96 bits per heavy atom. The van der Waals surface area contributed by atoms with Gasteiger partial charge in [0.15, 0.2) is 10.9 Å². The number of nitrogens with one attached hydrogen (secondary N) is 1. The number of thiazole rings is 1. The molecule has 3 aromatic rings. The number of benzene rings is 1. The summed E-state index contributed by atoms with van der Waals surface area (Å²) >= 11 is 1.27. The molecule has 9 heteroatoms. The highest BCUT2D eigenvalue weighted by atomic mass is 32.1. The summed E-state index contributed by atoms with van der Waals surface area (Å²) in [6.45, 7) is 2.45. The molecule has 23 heavy (non-hydrogen) atoms. The first kappa shape index (κ1) is 15.0. The molecule has 0 spiro atoms. The van der Waals surface area contributed by atoms with Gasteiger partial charge in [-0.15, -0.1) is 0 Å². The lowest BCUT2D eigenvalue weighted by atomic mass is 10.3. The highest BCUT2D eigenvalue weighted by molar-refractivity contribution is 7.22. The molecule has 0 saturated carbocycles. The second-order valence-electron chi connectivity index (χ2n) is 4.43. The van der Waals surface area contributed by atoms with Crippen LogP contribution in [-0.2, 0) is 0 Å². The first-order valence-corrected chi connectivity index (χ1v) is 7.47. The molecular weight excluding hydrogens is 322 g/mol. The maximum Gasteiger partial charge on any atom is 0.433 e. The van der Waals surface area contributed by atoms with Gasteiger partial charge in [0.2, 0.25) is 0 Å². The van der Waals surface area contributed by atoms with E-state index in [0.717, 1.165) is 22.0 Å². The molecule has 1 aromatic carbocycles. The first-order chi connectivity index (χ1) is 11.1. The van der Waals surface area contributed by atoms with E-state index in [0.29, 0.717) is 11.7 Å². The lowest BCUT2D eigenvalue weighted by Crippen LogP contribution is -2.10. The number of hydrogen-bond acceptors (Lipinski definition) is 7. The van der Waals surface area contributed by atoms with Gasteiger partial charge >= 0.3 is 5.88 Å². The molecule has 1 amide bonds. The van der Waals surface area contributed by atoms with E-state index >= 15 is 0 Å². The molecule has 2 heterocycles. The third-order valence-electron chi connectivity index (χ3n) is 2.89. The minimum atomic E-state index is -0.705. The number of hydrogen-bond donors (Lipinski definition) is 1. The largest absolute Gasteiger partial charge is 0.494 e. The van der Waals surface area contributed by atoms with E-state index < -0.39 is 16.7 Å². The van der Waals surface area contributed by atoms with Gasteiger partial charge < -0.3 is 9.15 Å². The number of aromatic nitrogens is 1. The molecule has 0 aliphatic rings. The van der Waals surface area contributed by atoms with E-state index in [-0.39, 0.29) is 5.76 Å². The Hall–Kier alpha value is -2.94. The van der Waals surface area contributed by atoms with Crippen molar-refractivity contribution in [2.24, 2.45) is 0 Å². The zero-order valence-electron chi connectivity index (χ0n) is 11.9. The van der Waals surface area contributed by atoms with E-state index in [1.807, 2.05) is 13.0 Å². The standard InChI is InChI=1S/C14H11N3O5S/c1-2-21-8-3-4-9-11(7-8)23-14(15-9)16-13(18)10-5-6-12(22-10)17(19)20/h3-7H,2H2,1H3,(H,15,16,18). The fraction of sp³-hybridized carbons (Fsp3) is 0.143. The molecule has 0 saturated heterocycles. The Balaban J connectivity index is 1.80. The van der Waals surface area contributed by atoms with Crippen molar-refractivity contribution in [3.63, 3.8) is 0 Å². The van der Waals surface area contributed by atoms with E-state index in [2.05, 4.69) is 10.3 Å². The summed E-state index contributed by atoms with van der Waals surface area (Å²) in [5.74, 6) is -0.503. The van der Waals surface area contributed by atoms with Gasteiger partial charge in [-0.25, -0.2) is 4.98 Å². The summed E-state index contributed by atoms with van der Waals surface area (Å²) in [6, 6.07) is 7.80. The van der Waals surface area contributed by atoms with Crippen molar-refractivity contribution in [1.82, 2.24) is 4.98 Å². The maximum absolute atomic E-state index is 12.0. The molecule has 2 aromatic heterocycles. The molecule has 1 N–H and O–H groups in total. The molecule has 0 radical (unpaired) electrons. The minimum Gasteiger partial charge on any atom is -0.494 e. The molecule has 0 fully saturated rings. The normalized spacial score (nSPS) is 10.7. The van der Waals surface area contributed by atoms with Crippen LogP contribution < -0.4 is 10.1 Å². The summed E-state index contributed by atoms with van der Waals surface area (Å²) in [6.07, 6.45) is 0. The average molecular weight is 333 g/mol. The smallest absolute Gasteiger partial charge is 0.433 e. The zero-order valence-corrected chi connectivity index (χ0v) is 12.8. The Kier molecular flexibility index (Phi) is 3.94. The average Bonchev–Trinajstić information content (AvgIpc) is 3.13. The highest BCUT2D eigenvalue weighted by Gasteiger charge is 2.18. The number of carbonyl (C=O) groups is 1. The number of rotatable bonds is 5. The number of nitrogens with zero attached hydrogens (tertiary/aromatic N) is 2. The monoisotopic (exact) mass is 333 g/mol. The van der Waals surface area contributed by atoms with E-state index in [9.17, 15) is 14.9 Å². The van der Waals surface area contributed by atoms with Gasteiger partial charge in [-0.1, -0.05) is 11.3 Å². The fourth-order valence-corrected chi connectivity index (χ4v) is 2.81. The van der Waals surface area contributed by atoms with Crippen molar-refractivity contribution < 1.29 is 18.9 Å².